The van der Waals surface area contributed by atoms with Crippen LogP contribution >= 0.6 is 0 Å². The molecule has 20 heavy (non-hydrogen) atoms. The first-order valence-electron chi connectivity index (χ1n) is 6.62. The first-order valence-corrected chi connectivity index (χ1v) is 6.62. The molecule has 3 rings (SSSR count). The first-order chi connectivity index (χ1) is 9.74. The lowest BCUT2D eigenvalue weighted by atomic mass is 10.2. The number of anilines is 3. The van der Waals surface area contributed by atoms with Crippen LogP contribution in [0.5, 0.6) is 5.75 Å². The molecule has 0 aliphatic heterocycles. The standard InChI is InChI=1S/C14H17N5O/c1-9-3-6-12(20-2)11(7-9)17-14-18-13(8-15-19-14)16-10-4-5-10/h3,6-8,10H,4-5H2,1-2H3,(H2,16,17,18,19). The van der Waals surface area contributed by atoms with E-state index >= 15 is 0 Å². The number of nitrogens with one attached hydrogen (secondary N) is 2. The molecule has 0 unspecified atom stereocenters. The van der Waals surface area contributed by atoms with E-state index in [4.69, 9.17) is 4.74 Å². The number of ether oxygens (including phenoxy) is 1. The number of benzene rings is 1. The molecule has 1 saturated carbocycles. The Morgan fingerprint density at radius 2 is 2.15 bits per heavy atom. The Morgan fingerprint density at radius 3 is 2.90 bits per heavy atom. The van der Waals surface area contributed by atoms with E-state index in [2.05, 4.69) is 25.8 Å². The van der Waals surface area contributed by atoms with Crippen LogP contribution < -0.4 is 15.4 Å². The van der Waals surface area contributed by atoms with Gasteiger partial charge in [0.25, 0.3) is 0 Å². The van der Waals surface area contributed by atoms with Crippen molar-refractivity contribution in [1.29, 1.82) is 0 Å². The topological polar surface area (TPSA) is 72.0 Å². The molecule has 6 nitrogen and oxygen atoms in total. The summed E-state index contributed by atoms with van der Waals surface area (Å²) < 4.78 is 5.32. The van der Waals surface area contributed by atoms with E-state index in [1.807, 2.05) is 25.1 Å². The number of methoxy groups -OCH3 is 1. The molecule has 0 spiro atoms. The predicted octanol–water partition coefficient (Wildman–Crippen LogP) is 2.51. The van der Waals surface area contributed by atoms with E-state index in [0.717, 1.165) is 22.8 Å². The lowest BCUT2D eigenvalue weighted by Gasteiger charge is -2.11. The summed E-state index contributed by atoms with van der Waals surface area (Å²) in [5.41, 5.74) is 1.96. The molecule has 6 heteroatoms. The average Bonchev–Trinajstić information content (AvgIpc) is 3.23. The largest absolute Gasteiger partial charge is 0.495 e. The minimum atomic E-state index is 0.458. The normalized spacial score (nSPS) is 13.9. The summed E-state index contributed by atoms with van der Waals surface area (Å²) in [5, 5.41) is 14.4. The van der Waals surface area contributed by atoms with Crippen molar-refractivity contribution in [1.82, 2.24) is 15.2 Å². The lowest BCUT2D eigenvalue weighted by Crippen LogP contribution is -2.07. The Morgan fingerprint density at radius 1 is 1.30 bits per heavy atom. The van der Waals surface area contributed by atoms with Crippen molar-refractivity contribution in [2.24, 2.45) is 0 Å². The number of nitrogens with zero attached hydrogens (tertiary/aromatic N) is 3. The number of aromatic nitrogens is 3. The van der Waals surface area contributed by atoms with Crippen molar-refractivity contribution < 1.29 is 4.74 Å². The van der Waals surface area contributed by atoms with Gasteiger partial charge in [0.1, 0.15) is 5.75 Å². The second kappa shape index (κ2) is 5.32. The molecule has 1 aliphatic rings. The van der Waals surface area contributed by atoms with Crippen LogP contribution in [0.2, 0.25) is 0 Å². The van der Waals surface area contributed by atoms with E-state index in [-0.39, 0.29) is 0 Å². The predicted molar refractivity (Wildman–Crippen MR) is 77.5 cm³/mol. The Balaban J connectivity index is 1.81. The summed E-state index contributed by atoms with van der Waals surface area (Å²) in [6.45, 7) is 2.02. The van der Waals surface area contributed by atoms with Crippen LogP contribution in [0.1, 0.15) is 18.4 Å². The molecule has 2 N–H and O–H groups in total. The van der Waals surface area contributed by atoms with Gasteiger partial charge in [0.05, 0.1) is 19.0 Å². The van der Waals surface area contributed by atoms with Crippen molar-refractivity contribution >= 4 is 17.5 Å². The summed E-state index contributed by atoms with van der Waals surface area (Å²) in [5.74, 6) is 1.95. The van der Waals surface area contributed by atoms with Crippen LogP contribution in [0.3, 0.4) is 0 Å². The van der Waals surface area contributed by atoms with Crippen molar-refractivity contribution in [3.63, 3.8) is 0 Å². The minimum Gasteiger partial charge on any atom is -0.495 e. The third kappa shape index (κ3) is 2.96. The zero-order valence-electron chi connectivity index (χ0n) is 11.6. The molecule has 0 radical (unpaired) electrons. The van der Waals surface area contributed by atoms with Crippen LogP contribution in [-0.2, 0) is 0 Å². The number of rotatable bonds is 5. The molecule has 1 aromatic carbocycles. The maximum absolute atomic E-state index is 5.32. The number of aryl methyl sites for hydroxylation is 1. The Bertz CT molecular complexity index is 612. The third-order valence-corrected chi connectivity index (χ3v) is 3.09. The fourth-order valence-electron chi connectivity index (χ4n) is 1.90. The van der Waals surface area contributed by atoms with Gasteiger partial charge in [-0.2, -0.15) is 10.1 Å². The Hall–Kier alpha value is -2.37. The van der Waals surface area contributed by atoms with Gasteiger partial charge >= 0.3 is 0 Å². The van der Waals surface area contributed by atoms with Gasteiger partial charge in [-0.25, -0.2) is 0 Å². The molecule has 0 saturated heterocycles. The molecule has 1 aliphatic carbocycles. The molecule has 0 bridgehead atoms. The van der Waals surface area contributed by atoms with Gasteiger partial charge in [-0.3, -0.25) is 0 Å². The molecule has 104 valence electrons. The lowest BCUT2D eigenvalue weighted by molar-refractivity contribution is 0.416. The van der Waals surface area contributed by atoms with Gasteiger partial charge in [-0.1, -0.05) is 6.07 Å². The van der Waals surface area contributed by atoms with E-state index in [0.29, 0.717) is 12.0 Å². The molecule has 2 aromatic rings. The number of hydrogen-bond donors (Lipinski definition) is 2. The van der Waals surface area contributed by atoms with Crippen molar-refractivity contribution in [2.75, 3.05) is 17.7 Å². The molecule has 1 heterocycles. The monoisotopic (exact) mass is 271 g/mol. The van der Waals surface area contributed by atoms with E-state index in [1.54, 1.807) is 13.3 Å². The average molecular weight is 271 g/mol. The van der Waals surface area contributed by atoms with Gasteiger partial charge in [0, 0.05) is 6.04 Å². The van der Waals surface area contributed by atoms with Crippen molar-refractivity contribution in [2.45, 2.75) is 25.8 Å². The van der Waals surface area contributed by atoms with Crippen LogP contribution in [0.25, 0.3) is 0 Å². The SMILES string of the molecule is COc1ccc(C)cc1Nc1nncc(NC2CC2)n1. The highest BCUT2D eigenvalue weighted by atomic mass is 16.5. The van der Waals surface area contributed by atoms with Gasteiger partial charge in [0.15, 0.2) is 5.82 Å². The molecule has 0 atom stereocenters. The Labute approximate surface area is 117 Å². The van der Waals surface area contributed by atoms with Gasteiger partial charge in [-0.05, 0) is 37.5 Å². The molecular formula is C14H17N5O. The maximum atomic E-state index is 5.32. The van der Waals surface area contributed by atoms with Gasteiger partial charge in [0.2, 0.25) is 5.95 Å². The van der Waals surface area contributed by atoms with Crippen molar-refractivity contribution in [3.05, 3.63) is 30.0 Å². The molecule has 1 fully saturated rings. The summed E-state index contributed by atoms with van der Waals surface area (Å²) >= 11 is 0. The fraction of sp³-hybridized carbons (Fsp3) is 0.357. The van der Waals surface area contributed by atoms with E-state index < -0.39 is 0 Å². The quantitative estimate of drug-likeness (QED) is 0.870. The minimum absolute atomic E-state index is 0.458. The second-order valence-corrected chi connectivity index (χ2v) is 4.91. The highest BCUT2D eigenvalue weighted by molar-refractivity contribution is 5.63. The molecule has 1 aromatic heterocycles. The van der Waals surface area contributed by atoms with E-state index in [9.17, 15) is 0 Å². The molecular weight excluding hydrogens is 254 g/mol. The number of hydrogen-bond acceptors (Lipinski definition) is 6. The second-order valence-electron chi connectivity index (χ2n) is 4.91. The third-order valence-electron chi connectivity index (χ3n) is 3.09. The van der Waals surface area contributed by atoms with Gasteiger partial charge < -0.3 is 15.4 Å². The summed E-state index contributed by atoms with van der Waals surface area (Å²) in [4.78, 5) is 4.40. The maximum Gasteiger partial charge on any atom is 0.249 e. The first kappa shape index (κ1) is 12.7. The van der Waals surface area contributed by atoms with Crippen LogP contribution in [0, 0.1) is 6.92 Å². The van der Waals surface area contributed by atoms with Crippen LogP contribution in [0.4, 0.5) is 17.5 Å². The smallest absolute Gasteiger partial charge is 0.249 e. The molecule has 0 amide bonds. The summed E-state index contributed by atoms with van der Waals surface area (Å²) in [7, 11) is 1.64. The zero-order chi connectivity index (χ0) is 13.9. The highest BCUT2D eigenvalue weighted by Gasteiger charge is 2.21. The van der Waals surface area contributed by atoms with Crippen molar-refractivity contribution in [3.8, 4) is 5.75 Å². The zero-order valence-corrected chi connectivity index (χ0v) is 11.6. The Kier molecular flexibility index (Phi) is 3.37. The van der Waals surface area contributed by atoms with Crippen LogP contribution in [0.15, 0.2) is 24.4 Å². The van der Waals surface area contributed by atoms with Gasteiger partial charge in [-0.15, -0.1) is 5.10 Å². The highest BCUT2D eigenvalue weighted by Crippen LogP contribution is 2.28. The van der Waals surface area contributed by atoms with E-state index in [1.165, 1.54) is 12.8 Å². The van der Waals surface area contributed by atoms with Crippen LogP contribution in [-0.4, -0.2) is 28.3 Å². The summed E-state index contributed by atoms with van der Waals surface area (Å²) in [6, 6.07) is 6.43. The fourth-order valence-corrected chi connectivity index (χ4v) is 1.90. The summed E-state index contributed by atoms with van der Waals surface area (Å²) in [6.07, 6.45) is 4.02.